The summed E-state index contributed by atoms with van der Waals surface area (Å²) in [5.41, 5.74) is 3.56. The maximum absolute atomic E-state index is 9.10. The van der Waals surface area contributed by atoms with E-state index in [0.717, 1.165) is 30.0 Å². The normalized spacial score (nSPS) is 10.1. The van der Waals surface area contributed by atoms with Crippen molar-refractivity contribution in [3.05, 3.63) is 64.2 Å². The Morgan fingerprint density at radius 2 is 1.67 bits per heavy atom. The summed E-state index contributed by atoms with van der Waals surface area (Å²) in [5, 5.41) is 15.5. The molecule has 27 heavy (non-hydrogen) atoms. The topological polar surface area (TPSA) is 87.1 Å². The lowest BCUT2D eigenvalue weighted by atomic mass is 10.1. The van der Waals surface area contributed by atoms with Crippen LogP contribution in [0.3, 0.4) is 0 Å². The summed E-state index contributed by atoms with van der Waals surface area (Å²) in [6, 6.07) is 14.5. The van der Waals surface area contributed by atoms with Crippen LogP contribution >= 0.6 is 11.6 Å². The van der Waals surface area contributed by atoms with Gasteiger partial charge in [-0.1, -0.05) is 48.0 Å². The van der Waals surface area contributed by atoms with Crippen molar-refractivity contribution in [2.45, 2.75) is 20.4 Å². The van der Waals surface area contributed by atoms with E-state index in [4.69, 9.17) is 36.1 Å². The molecular weight excluding hydrogens is 370 g/mol. The van der Waals surface area contributed by atoms with Gasteiger partial charge in [0.1, 0.15) is 12.4 Å². The number of hydrogen-bond acceptors (Lipinski definition) is 4. The molecule has 0 saturated carbocycles. The van der Waals surface area contributed by atoms with E-state index in [0.29, 0.717) is 11.6 Å². The second-order valence-corrected chi connectivity index (χ2v) is 6.48. The maximum atomic E-state index is 9.10. The van der Waals surface area contributed by atoms with Crippen molar-refractivity contribution in [3.8, 4) is 5.75 Å². The van der Waals surface area contributed by atoms with Crippen LogP contribution < -0.4 is 4.74 Å². The number of benzene rings is 2. The Balaban J connectivity index is 0.000000527. The number of ether oxygens (including phenoxy) is 1. The summed E-state index contributed by atoms with van der Waals surface area (Å²) in [7, 11) is 2.10. The van der Waals surface area contributed by atoms with Gasteiger partial charge >= 0.3 is 11.9 Å². The van der Waals surface area contributed by atoms with Gasteiger partial charge in [0.2, 0.25) is 0 Å². The van der Waals surface area contributed by atoms with E-state index >= 15 is 0 Å². The molecule has 0 heterocycles. The fourth-order valence-electron chi connectivity index (χ4n) is 2.36. The first-order valence-corrected chi connectivity index (χ1v) is 8.66. The van der Waals surface area contributed by atoms with Crippen LogP contribution in [-0.4, -0.2) is 47.3 Å². The standard InChI is InChI=1S/C18H22ClNO.C2H2O4/c1-14-11-15(2)18(17(19)12-14)21-10-9-20(3)13-16-7-5-4-6-8-16;3-1(4)2(5)6/h4-8,11-12H,9-10,13H2,1-3H3;(H,3,4)(H,5,6). The zero-order chi connectivity index (χ0) is 20.4. The molecule has 0 unspecified atom stereocenters. The third-order valence-corrected chi connectivity index (χ3v) is 3.85. The van der Waals surface area contributed by atoms with Gasteiger partial charge in [-0.2, -0.15) is 0 Å². The first-order valence-electron chi connectivity index (χ1n) is 8.29. The quantitative estimate of drug-likeness (QED) is 0.729. The molecule has 0 radical (unpaired) electrons. The minimum atomic E-state index is -1.82. The van der Waals surface area contributed by atoms with Crippen LogP contribution in [0.2, 0.25) is 5.02 Å². The molecule has 0 aromatic heterocycles. The smallest absolute Gasteiger partial charge is 0.414 e. The van der Waals surface area contributed by atoms with Crippen molar-refractivity contribution in [3.63, 3.8) is 0 Å². The molecule has 0 spiro atoms. The predicted octanol–water partition coefficient (Wildman–Crippen LogP) is 3.62. The molecule has 0 bridgehead atoms. The van der Waals surface area contributed by atoms with E-state index in [1.165, 1.54) is 5.56 Å². The number of carbonyl (C=O) groups is 2. The first kappa shape index (κ1) is 22.5. The molecule has 2 rings (SSSR count). The Kier molecular flexibility index (Phi) is 9.33. The van der Waals surface area contributed by atoms with E-state index in [9.17, 15) is 0 Å². The average molecular weight is 394 g/mol. The van der Waals surface area contributed by atoms with Gasteiger partial charge in [-0.25, -0.2) is 9.59 Å². The molecule has 7 heteroatoms. The van der Waals surface area contributed by atoms with Gasteiger partial charge in [0.15, 0.2) is 0 Å². The summed E-state index contributed by atoms with van der Waals surface area (Å²) < 4.78 is 5.86. The highest BCUT2D eigenvalue weighted by molar-refractivity contribution is 6.32. The van der Waals surface area contributed by atoms with Crippen LogP contribution in [0.1, 0.15) is 16.7 Å². The summed E-state index contributed by atoms with van der Waals surface area (Å²) >= 11 is 6.24. The summed E-state index contributed by atoms with van der Waals surface area (Å²) in [5.74, 6) is -2.85. The summed E-state index contributed by atoms with van der Waals surface area (Å²) in [6.45, 7) is 6.48. The van der Waals surface area contributed by atoms with E-state index < -0.39 is 11.9 Å². The Morgan fingerprint density at radius 3 is 2.19 bits per heavy atom. The average Bonchev–Trinajstić information content (AvgIpc) is 2.58. The van der Waals surface area contributed by atoms with Crippen molar-refractivity contribution in [1.82, 2.24) is 4.90 Å². The molecule has 2 aromatic carbocycles. The largest absolute Gasteiger partial charge is 0.490 e. The Hall–Kier alpha value is -2.57. The molecule has 0 saturated heterocycles. The number of halogens is 1. The lowest BCUT2D eigenvalue weighted by Gasteiger charge is -2.18. The van der Waals surface area contributed by atoms with Gasteiger partial charge in [-0.3, -0.25) is 4.90 Å². The predicted molar refractivity (Wildman–Crippen MR) is 104 cm³/mol. The molecule has 2 N–H and O–H groups in total. The molecule has 2 aromatic rings. The molecule has 6 nitrogen and oxygen atoms in total. The van der Waals surface area contributed by atoms with Crippen LogP contribution in [0.25, 0.3) is 0 Å². The number of aryl methyl sites for hydroxylation is 2. The Bertz CT molecular complexity index is 729. The van der Waals surface area contributed by atoms with Crippen LogP contribution in [0.5, 0.6) is 5.75 Å². The molecule has 0 aliphatic carbocycles. The van der Waals surface area contributed by atoms with Crippen molar-refractivity contribution in [2.24, 2.45) is 0 Å². The van der Waals surface area contributed by atoms with Crippen molar-refractivity contribution >= 4 is 23.5 Å². The van der Waals surface area contributed by atoms with Crippen LogP contribution in [0.4, 0.5) is 0 Å². The van der Waals surface area contributed by atoms with E-state index in [1.54, 1.807) is 0 Å². The monoisotopic (exact) mass is 393 g/mol. The number of nitrogens with zero attached hydrogens (tertiary/aromatic N) is 1. The lowest BCUT2D eigenvalue weighted by Crippen LogP contribution is -2.24. The number of aliphatic carboxylic acids is 2. The van der Waals surface area contributed by atoms with Crippen LogP contribution in [-0.2, 0) is 16.1 Å². The number of carboxylic acids is 2. The number of carboxylic acid groups (broad SMARTS) is 2. The van der Waals surface area contributed by atoms with E-state index in [2.05, 4.69) is 42.3 Å². The third-order valence-electron chi connectivity index (χ3n) is 3.57. The second-order valence-electron chi connectivity index (χ2n) is 6.07. The summed E-state index contributed by atoms with van der Waals surface area (Å²) in [4.78, 5) is 20.4. The SMILES string of the molecule is Cc1cc(C)c(OCCN(C)Cc2ccccc2)c(Cl)c1.O=C(O)C(=O)O. The highest BCUT2D eigenvalue weighted by Crippen LogP contribution is 2.29. The zero-order valence-electron chi connectivity index (χ0n) is 15.6. The van der Waals surface area contributed by atoms with E-state index in [1.807, 2.05) is 26.0 Å². The minimum Gasteiger partial charge on any atom is -0.490 e. The summed E-state index contributed by atoms with van der Waals surface area (Å²) in [6.07, 6.45) is 0. The second kappa shape index (κ2) is 11.2. The highest BCUT2D eigenvalue weighted by Gasteiger charge is 2.07. The van der Waals surface area contributed by atoms with Crippen LogP contribution in [0, 0.1) is 13.8 Å². The number of hydrogen-bond donors (Lipinski definition) is 2. The number of likely N-dealkylation sites (N-methyl/N-ethyl adjacent to an activating group) is 1. The highest BCUT2D eigenvalue weighted by atomic mass is 35.5. The van der Waals surface area contributed by atoms with Gasteiger partial charge in [-0.05, 0) is 43.7 Å². The molecule has 0 aliphatic rings. The Morgan fingerprint density at radius 1 is 1.07 bits per heavy atom. The van der Waals surface area contributed by atoms with Gasteiger partial charge in [0, 0.05) is 13.1 Å². The molecule has 146 valence electrons. The van der Waals surface area contributed by atoms with Crippen molar-refractivity contribution in [1.29, 1.82) is 0 Å². The van der Waals surface area contributed by atoms with Crippen LogP contribution in [0.15, 0.2) is 42.5 Å². The number of rotatable bonds is 6. The van der Waals surface area contributed by atoms with E-state index in [-0.39, 0.29) is 0 Å². The van der Waals surface area contributed by atoms with Gasteiger partial charge in [0.05, 0.1) is 5.02 Å². The fourth-order valence-corrected chi connectivity index (χ4v) is 2.74. The molecular formula is C20H24ClNO5. The molecule has 0 fully saturated rings. The molecule has 0 atom stereocenters. The van der Waals surface area contributed by atoms with Gasteiger partial charge < -0.3 is 14.9 Å². The lowest BCUT2D eigenvalue weighted by molar-refractivity contribution is -0.159. The van der Waals surface area contributed by atoms with Gasteiger partial charge in [-0.15, -0.1) is 0 Å². The minimum absolute atomic E-state index is 0.632. The molecule has 0 amide bonds. The zero-order valence-corrected chi connectivity index (χ0v) is 16.4. The van der Waals surface area contributed by atoms with Crippen molar-refractivity contribution in [2.75, 3.05) is 20.2 Å². The molecule has 0 aliphatic heterocycles. The van der Waals surface area contributed by atoms with Gasteiger partial charge in [0.25, 0.3) is 0 Å². The Labute approximate surface area is 164 Å². The first-order chi connectivity index (χ1) is 12.7. The third kappa shape index (κ3) is 8.57. The van der Waals surface area contributed by atoms with Crippen molar-refractivity contribution < 1.29 is 24.5 Å². The fraction of sp³-hybridized carbons (Fsp3) is 0.300. The maximum Gasteiger partial charge on any atom is 0.414 e.